The summed E-state index contributed by atoms with van der Waals surface area (Å²) in [4.78, 5) is 11.1. The van der Waals surface area contributed by atoms with Crippen molar-refractivity contribution in [2.24, 2.45) is 10.9 Å². The summed E-state index contributed by atoms with van der Waals surface area (Å²) in [5.74, 6) is 2.33. The van der Waals surface area contributed by atoms with Crippen LogP contribution in [0.25, 0.3) is 11.4 Å². The molecule has 0 spiro atoms. The van der Waals surface area contributed by atoms with E-state index < -0.39 is 0 Å². The van der Waals surface area contributed by atoms with Crippen LogP contribution in [0.15, 0.2) is 33.8 Å². The van der Waals surface area contributed by atoms with Crippen molar-refractivity contribution in [3.8, 4) is 11.4 Å². The molecular weight excluding hydrogens is 392 g/mol. The van der Waals surface area contributed by atoms with Gasteiger partial charge in [-0.15, -0.1) is 0 Å². The lowest BCUT2D eigenvalue weighted by Crippen LogP contribution is -2.50. The molecule has 2 N–H and O–H groups in total. The lowest BCUT2D eigenvalue weighted by atomic mass is 10.2. The summed E-state index contributed by atoms with van der Waals surface area (Å²) in [6, 6.07) is 7.31. The monoisotopic (exact) mass is 420 g/mol. The molecule has 3 rings (SSSR count). The zero-order valence-electron chi connectivity index (χ0n) is 17.2. The van der Waals surface area contributed by atoms with Gasteiger partial charge in [0.05, 0.1) is 19.3 Å². The van der Waals surface area contributed by atoms with Crippen LogP contribution in [-0.2, 0) is 11.3 Å². The molecule has 9 heteroatoms. The summed E-state index contributed by atoms with van der Waals surface area (Å²) in [5, 5.41) is 11.2. The van der Waals surface area contributed by atoms with Gasteiger partial charge in [-0.1, -0.05) is 30.6 Å². The largest absolute Gasteiger partial charge is 0.374 e. The van der Waals surface area contributed by atoms with Crippen molar-refractivity contribution >= 4 is 17.6 Å². The van der Waals surface area contributed by atoms with Gasteiger partial charge in [0.25, 0.3) is 0 Å². The maximum absolute atomic E-state index is 5.91. The molecule has 1 unspecified atom stereocenters. The van der Waals surface area contributed by atoms with E-state index in [0.717, 1.165) is 31.8 Å². The van der Waals surface area contributed by atoms with E-state index in [9.17, 15) is 0 Å². The average Bonchev–Trinajstić information content (AvgIpc) is 3.17. The van der Waals surface area contributed by atoms with E-state index in [1.165, 1.54) is 0 Å². The number of rotatable bonds is 7. The standard InChI is InChI=1S/C20H29ClN6O2/c1-14(2)12-27-8-9-28-17(13-27)10-23-20(22-3)24-11-18-25-19(26-29-18)15-4-6-16(21)7-5-15/h4-7,14,17H,8-13H2,1-3H3,(H2,22,23,24). The number of hydrogen-bond donors (Lipinski definition) is 2. The van der Waals surface area contributed by atoms with Gasteiger partial charge in [-0.2, -0.15) is 4.98 Å². The van der Waals surface area contributed by atoms with Gasteiger partial charge < -0.3 is 19.9 Å². The number of morpholine rings is 1. The van der Waals surface area contributed by atoms with Crippen molar-refractivity contribution in [2.45, 2.75) is 26.5 Å². The van der Waals surface area contributed by atoms with E-state index in [1.807, 2.05) is 12.1 Å². The van der Waals surface area contributed by atoms with E-state index in [-0.39, 0.29) is 6.10 Å². The number of nitrogens with one attached hydrogen (secondary N) is 2. The summed E-state index contributed by atoms with van der Waals surface area (Å²) in [6.07, 6.45) is 0.140. The molecule has 0 amide bonds. The lowest BCUT2D eigenvalue weighted by molar-refractivity contribution is -0.0284. The van der Waals surface area contributed by atoms with Crippen LogP contribution in [0.1, 0.15) is 19.7 Å². The van der Waals surface area contributed by atoms with Gasteiger partial charge in [0, 0.05) is 43.8 Å². The van der Waals surface area contributed by atoms with Crippen LogP contribution in [0.3, 0.4) is 0 Å². The Morgan fingerprint density at radius 1 is 1.31 bits per heavy atom. The summed E-state index contributed by atoms with van der Waals surface area (Å²) in [5.41, 5.74) is 0.854. The predicted molar refractivity (Wildman–Crippen MR) is 114 cm³/mol. The number of benzene rings is 1. The molecule has 1 aliphatic rings. The molecule has 1 aromatic heterocycles. The highest BCUT2D eigenvalue weighted by atomic mass is 35.5. The third kappa shape index (κ3) is 6.69. The zero-order valence-corrected chi connectivity index (χ0v) is 17.9. The Bertz CT molecular complexity index is 793. The summed E-state index contributed by atoms with van der Waals surface area (Å²) in [6.45, 7) is 9.33. The minimum atomic E-state index is 0.140. The molecule has 1 aromatic carbocycles. The highest BCUT2D eigenvalue weighted by Gasteiger charge is 2.21. The average molecular weight is 421 g/mol. The maximum Gasteiger partial charge on any atom is 0.246 e. The second kappa shape index (κ2) is 10.6. The molecule has 29 heavy (non-hydrogen) atoms. The number of halogens is 1. The van der Waals surface area contributed by atoms with Gasteiger partial charge in [-0.05, 0) is 30.2 Å². The first kappa shape index (κ1) is 21.5. The second-order valence-electron chi connectivity index (χ2n) is 7.47. The van der Waals surface area contributed by atoms with Crippen molar-refractivity contribution < 1.29 is 9.26 Å². The van der Waals surface area contributed by atoms with E-state index in [2.05, 4.69) is 44.5 Å². The van der Waals surface area contributed by atoms with Crippen LogP contribution in [0, 0.1) is 5.92 Å². The number of aromatic nitrogens is 2. The second-order valence-corrected chi connectivity index (χ2v) is 7.91. The molecule has 1 fully saturated rings. The smallest absolute Gasteiger partial charge is 0.246 e. The molecule has 0 saturated carbocycles. The Morgan fingerprint density at radius 3 is 2.83 bits per heavy atom. The molecule has 0 bridgehead atoms. The Kier molecular flexibility index (Phi) is 7.85. The van der Waals surface area contributed by atoms with Gasteiger partial charge in [-0.3, -0.25) is 9.89 Å². The summed E-state index contributed by atoms with van der Waals surface area (Å²) >= 11 is 5.91. The first-order valence-corrected chi connectivity index (χ1v) is 10.3. The van der Waals surface area contributed by atoms with E-state index in [4.69, 9.17) is 20.9 Å². The number of nitrogens with zero attached hydrogens (tertiary/aromatic N) is 4. The molecule has 158 valence electrons. The van der Waals surface area contributed by atoms with Gasteiger partial charge in [0.2, 0.25) is 11.7 Å². The minimum Gasteiger partial charge on any atom is -0.374 e. The lowest BCUT2D eigenvalue weighted by Gasteiger charge is -2.34. The first-order valence-electron chi connectivity index (χ1n) is 9.90. The van der Waals surface area contributed by atoms with Crippen LogP contribution in [0.4, 0.5) is 0 Å². The fourth-order valence-electron chi connectivity index (χ4n) is 3.22. The number of aliphatic imine (C=N–C) groups is 1. The van der Waals surface area contributed by atoms with E-state index >= 15 is 0 Å². The number of guanidine groups is 1. The van der Waals surface area contributed by atoms with Crippen LogP contribution in [0.5, 0.6) is 0 Å². The fourth-order valence-corrected chi connectivity index (χ4v) is 3.35. The maximum atomic E-state index is 5.91. The highest BCUT2D eigenvalue weighted by Crippen LogP contribution is 2.18. The molecule has 0 aliphatic carbocycles. The van der Waals surface area contributed by atoms with Crippen LogP contribution < -0.4 is 10.6 Å². The fraction of sp³-hybridized carbons (Fsp3) is 0.550. The van der Waals surface area contributed by atoms with Crippen LogP contribution >= 0.6 is 11.6 Å². The van der Waals surface area contributed by atoms with Crippen molar-refractivity contribution in [3.63, 3.8) is 0 Å². The molecule has 8 nitrogen and oxygen atoms in total. The molecule has 2 aromatic rings. The molecule has 0 radical (unpaired) electrons. The SMILES string of the molecule is CN=C(NCc1nc(-c2ccc(Cl)cc2)no1)NCC1CN(CC(C)C)CCO1. The Hall–Kier alpha value is -2.16. The van der Waals surface area contributed by atoms with E-state index in [0.29, 0.717) is 41.7 Å². The predicted octanol–water partition coefficient (Wildman–Crippen LogP) is 2.41. The molecule has 1 saturated heterocycles. The Morgan fingerprint density at radius 2 is 2.10 bits per heavy atom. The highest BCUT2D eigenvalue weighted by molar-refractivity contribution is 6.30. The summed E-state index contributed by atoms with van der Waals surface area (Å²) < 4.78 is 11.2. The molecule has 1 atom stereocenters. The van der Waals surface area contributed by atoms with Gasteiger partial charge in [0.15, 0.2) is 5.96 Å². The molecular formula is C20H29ClN6O2. The minimum absolute atomic E-state index is 0.140. The first-order chi connectivity index (χ1) is 14.0. The van der Waals surface area contributed by atoms with Crippen LogP contribution in [-0.4, -0.2) is 66.9 Å². The molecule has 1 aliphatic heterocycles. The zero-order chi connectivity index (χ0) is 20.6. The van der Waals surface area contributed by atoms with E-state index in [1.54, 1.807) is 19.2 Å². The number of hydrogen-bond acceptors (Lipinski definition) is 6. The topological polar surface area (TPSA) is 87.8 Å². The third-order valence-electron chi connectivity index (χ3n) is 4.54. The number of ether oxygens (including phenoxy) is 1. The quantitative estimate of drug-likeness (QED) is 0.525. The van der Waals surface area contributed by atoms with Crippen molar-refractivity contribution in [2.75, 3.05) is 39.8 Å². The normalized spacial score (nSPS) is 18.2. The Balaban J connectivity index is 1.45. The summed E-state index contributed by atoms with van der Waals surface area (Å²) in [7, 11) is 1.73. The van der Waals surface area contributed by atoms with Gasteiger partial charge in [-0.25, -0.2) is 0 Å². The third-order valence-corrected chi connectivity index (χ3v) is 4.80. The molecule has 2 heterocycles. The van der Waals surface area contributed by atoms with Crippen LogP contribution in [0.2, 0.25) is 5.02 Å². The van der Waals surface area contributed by atoms with Crippen molar-refractivity contribution in [1.82, 2.24) is 25.7 Å². The van der Waals surface area contributed by atoms with Crippen molar-refractivity contribution in [3.05, 3.63) is 35.2 Å². The van der Waals surface area contributed by atoms with Crippen molar-refractivity contribution in [1.29, 1.82) is 0 Å². The van der Waals surface area contributed by atoms with Gasteiger partial charge in [0.1, 0.15) is 0 Å². The Labute approximate surface area is 176 Å². The van der Waals surface area contributed by atoms with Gasteiger partial charge >= 0.3 is 0 Å².